The number of hydrogen-bond acceptors (Lipinski definition) is 3. The lowest BCUT2D eigenvalue weighted by molar-refractivity contribution is 0.415. The molecular formula is C16H19FN2O. The normalized spacial score (nSPS) is 12.1. The molecule has 0 saturated heterocycles. The van der Waals surface area contributed by atoms with E-state index in [1.54, 1.807) is 13.2 Å². The molecule has 4 heteroatoms. The highest BCUT2D eigenvalue weighted by molar-refractivity contribution is 5.67. The van der Waals surface area contributed by atoms with Gasteiger partial charge in [0.05, 0.1) is 7.11 Å². The topological polar surface area (TPSA) is 38.5 Å². The highest BCUT2D eigenvalue weighted by atomic mass is 19.1. The van der Waals surface area contributed by atoms with Crippen LogP contribution in [0.25, 0.3) is 0 Å². The van der Waals surface area contributed by atoms with E-state index >= 15 is 0 Å². The number of ether oxygens (including phenoxy) is 1. The van der Waals surface area contributed by atoms with E-state index in [1.807, 2.05) is 43.1 Å². The van der Waals surface area contributed by atoms with Gasteiger partial charge >= 0.3 is 0 Å². The average Bonchev–Trinajstić information content (AvgIpc) is 2.46. The summed E-state index contributed by atoms with van der Waals surface area (Å²) in [7, 11) is 3.55. The van der Waals surface area contributed by atoms with Crippen LogP contribution in [0.5, 0.6) is 5.75 Å². The lowest BCUT2D eigenvalue weighted by atomic mass is 10.1. The lowest BCUT2D eigenvalue weighted by Crippen LogP contribution is -2.16. The summed E-state index contributed by atoms with van der Waals surface area (Å²) in [4.78, 5) is 1.97. The van der Waals surface area contributed by atoms with E-state index in [0.29, 0.717) is 0 Å². The van der Waals surface area contributed by atoms with Gasteiger partial charge in [0, 0.05) is 30.5 Å². The van der Waals surface area contributed by atoms with E-state index in [-0.39, 0.29) is 11.9 Å². The first-order valence-corrected chi connectivity index (χ1v) is 6.45. The minimum atomic E-state index is -0.278. The van der Waals surface area contributed by atoms with Crippen molar-refractivity contribution >= 4 is 11.4 Å². The molecule has 0 radical (unpaired) electrons. The first-order valence-electron chi connectivity index (χ1n) is 6.45. The zero-order chi connectivity index (χ0) is 14.7. The molecule has 2 aromatic carbocycles. The molecule has 0 spiro atoms. The van der Waals surface area contributed by atoms with Crippen molar-refractivity contribution in [3.8, 4) is 5.75 Å². The maximum Gasteiger partial charge on any atom is 0.123 e. The van der Waals surface area contributed by atoms with Crippen LogP contribution in [0.1, 0.15) is 18.5 Å². The van der Waals surface area contributed by atoms with E-state index in [0.717, 1.165) is 22.7 Å². The van der Waals surface area contributed by atoms with Gasteiger partial charge in [-0.15, -0.1) is 0 Å². The predicted octanol–water partition coefficient (Wildman–Crippen LogP) is 3.62. The van der Waals surface area contributed by atoms with E-state index < -0.39 is 0 Å². The number of methoxy groups -OCH3 is 1. The zero-order valence-electron chi connectivity index (χ0n) is 11.9. The Bertz CT molecular complexity index is 599. The van der Waals surface area contributed by atoms with Gasteiger partial charge in [-0.1, -0.05) is 6.07 Å². The summed E-state index contributed by atoms with van der Waals surface area (Å²) in [6.07, 6.45) is 0. The van der Waals surface area contributed by atoms with Crippen molar-refractivity contribution in [1.82, 2.24) is 0 Å². The summed E-state index contributed by atoms with van der Waals surface area (Å²) >= 11 is 0. The van der Waals surface area contributed by atoms with Crippen LogP contribution in [0.2, 0.25) is 0 Å². The predicted molar refractivity (Wildman–Crippen MR) is 80.1 cm³/mol. The molecular weight excluding hydrogens is 255 g/mol. The monoisotopic (exact) mass is 274 g/mol. The van der Waals surface area contributed by atoms with Gasteiger partial charge in [0.1, 0.15) is 11.6 Å². The number of anilines is 2. The molecule has 0 aliphatic carbocycles. The van der Waals surface area contributed by atoms with Gasteiger partial charge in [-0.05, 0) is 42.8 Å². The SMILES string of the molecule is COc1cccc(N(C)c2ccc(F)cc2C(C)N)c1. The molecule has 2 rings (SSSR count). The number of rotatable bonds is 4. The number of hydrogen-bond donors (Lipinski definition) is 1. The van der Waals surface area contributed by atoms with E-state index in [2.05, 4.69) is 0 Å². The van der Waals surface area contributed by atoms with Crippen molar-refractivity contribution in [2.75, 3.05) is 19.1 Å². The lowest BCUT2D eigenvalue weighted by Gasteiger charge is -2.24. The molecule has 0 fully saturated rings. The van der Waals surface area contributed by atoms with Crippen molar-refractivity contribution < 1.29 is 9.13 Å². The van der Waals surface area contributed by atoms with Crippen LogP contribution in [0.3, 0.4) is 0 Å². The Hall–Kier alpha value is -2.07. The number of halogens is 1. The molecule has 0 aliphatic rings. The molecule has 0 amide bonds. The van der Waals surface area contributed by atoms with Crippen molar-refractivity contribution in [3.05, 3.63) is 53.8 Å². The Morgan fingerprint density at radius 3 is 2.60 bits per heavy atom. The summed E-state index contributed by atoms with van der Waals surface area (Å²) in [5.41, 5.74) is 8.55. The second-order valence-corrected chi connectivity index (χ2v) is 4.75. The van der Waals surface area contributed by atoms with Crippen LogP contribution in [-0.4, -0.2) is 14.2 Å². The smallest absolute Gasteiger partial charge is 0.123 e. The molecule has 0 heterocycles. The van der Waals surface area contributed by atoms with E-state index in [4.69, 9.17) is 10.5 Å². The van der Waals surface area contributed by atoms with Crippen molar-refractivity contribution in [2.24, 2.45) is 5.73 Å². The first-order chi connectivity index (χ1) is 9.52. The molecule has 2 N–H and O–H groups in total. The van der Waals surface area contributed by atoms with Crippen molar-refractivity contribution in [3.63, 3.8) is 0 Å². The molecule has 0 bridgehead atoms. The van der Waals surface area contributed by atoms with Gasteiger partial charge < -0.3 is 15.4 Å². The maximum absolute atomic E-state index is 13.4. The number of nitrogens with two attached hydrogens (primary N) is 1. The maximum atomic E-state index is 13.4. The fraction of sp³-hybridized carbons (Fsp3) is 0.250. The van der Waals surface area contributed by atoms with Crippen molar-refractivity contribution in [1.29, 1.82) is 0 Å². The van der Waals surface area contributed by atoms with Crippen LogP contribution in [0.15, 0.2) is 42.5 Å². The minimum absolute atomic E-state index is 0.242. The molecule has 0 aromatic heterocycles. The van der Waals surface area contributed by atoms with Crippen LogP contribution in [0.4, 0.5) is 15.8 Å². The minimum Gasteiger partial charge on any atom is -0.497 e. The molecule has 1 atom stereocenters. The van der Waals surface area contributed by atoms with Crippen LogP contribution in [0, 0.1) is 5.82 Å². The van der Waals surface area contributed by atoms with Gasteiger partial charge in [-0.2, -0.15) is 0 Å². The molecule has 1 unspecified atom stereocenters. The Morgan fingerprint density at radius 1 is 1.20 bits per heavy atom. The molecule has 2 aromatic rings. The van der Waals surface area contributed by atoms with E-state index in [9.17, 15) is 4.39 Å². The first kappa shape index (κ1) is 14.3. The summed E-state index contributed by atoms with van der Waals surface area (Å²) in [5.74, 6) is 0.499. The Kier molecular flexibility index (Phi) is 4.25. The Labute approximate surface area is 118 Å². The zero-order valence-corrected chi connectivity index (χ0v) is 11.9. The average molecular weight is 274 g/mol. The third kappa shape index (κ3) is 2.91. The third-order valence-electron chi connectivity index (χ3n) is 3.28. The van der Waals surface area contributed by atoms with Crippen LogP contribution < -0.4 is 15.4 Å². The standard InChI is InChI=1S/C16H19FN2O/c1-11(18)15-9-12(17)7-8-16(15)19(2)13-5-4-6-14(10-13)20-3/h4-11H,18H2,1-3H3. The summed E-state index contributed by atoms with van der Waals surface area (Å²) in [6, 6.07) is 12.1. The molecule has 0 saturated carbocycles. The van der Waals surface area contributed by atoms with Gasteiger partial charge in [0.2, 0.25) is 0 Å². The molecule has 0 aliphatic heterocycles. The fourth-order valence-electron chi connectivity index (χ4n) is 2.15. The molecule has 3 nitrogen and oxygen atoms in total. The van der Waals surface area contributed by atoms with Gasteiger partial charge in [0.15, 0.2) is 0 Å². The fourth-order valence-corrected chi connectivity index (χ4v) is 2.15. The quantitative estimate of drug-likeness (QED) is 0.925. The van der Waals surface area contributed by atoms with Crippen LogP contribution >= 0.6 is 0 Å². The largest absolute Gasteiger partial charge is 0.497 e. The summed E-state index contributed by atoms with van der Waals surface area (Å²) < 4.78 is 18.6. The highest BCUT2D eigenvalue weighted by Crippen LogP contribution is 2.32. The van der Waals surface area contributed by atoms with Crippen molar-refractivity contribution in [2.45, 2.75) is 13.0 Å². The second kappa shape index (κ2) is 5.92. The molecule has 106 valence electrons. The van der Waals surface area contributed by atoms with Gasteiger partial charge in [0.25, 0.3) is 0 Å². The van der Waals surface area contributed by atoms with Gasteiger partial charge in [-0.25, -0.2) is 4.39 Å². The summed E-state index contributed by atoms with van der Waals surface area (Å²) in [5, 5.41) is 0. The highest BCUT2D eigenvalue weighted by Gasteiger charge is 2.13. The third-order valence-corrected chi connectivity index (χ3v) is 3.28. The Morgan fingerprint density at radius 2 is 1.95 bits per heavy atom. The number of benzene rings is 2. The van der Waals surface area contributed by atoms with E-state index in [1.165, 1.54) is 12.1 Å². The molecule has 20 heavy (non-hydrogen) atoms. The number of nitrogens with zero attached hydrogens (tertiary/aromatic N) is 1. The van der Waals surface area contributed by atoms with Crippen LogP contribution in [-0.2, 0) is 0 Å². The Balaban J connectivity index is 2.44. The van der Waals surface area contributed by atoms with Gasteiger partial charge in [-0.3, -0.25) is 0 Å². The second-order valence-electron chi connectivity index (χ2n) is 4.75. The summed E-state index contributed by atoms with van der Waals surface area (Å²) in [6.45, 7) is 1.84.